The van der Waals surface area contributed by atoms with Crippen LogP contribution in [0.25, 0.3) is 0 Å². The zero-order valence-electron chi connectivity index (χ0n) is 22.3. The summed E-state index contributed by atoms with van der Waals surface area (Å²) >= 11 is 0. The number of carbonyl (C=O) groups is 3. The lowest BCUT2D eigenvalue weighted by Gasteiger charge is -2.23. The van der Waals surface area contributed by atoms with E-state index in [0.29, 0.717) is 12.8 Å². The van der Waals surface area contributed by atoms with E-state index in [1.807, 2.05) is 91.0 Å². The predicted octanol–water partition coefficient (Wildman–Crippen LogP) is 5.93. The normalized spacial score (nSPS) is 12.7. The van der Waals surface area contributed by atoms with Gasteiger partial charge in [0.15, 0.2) is 0 Å². The molecule has 0 radical (unpaired) electrons. The molecule has 38 heavy (non-hydrogen) atoms. The molecule has 2 atom stereocenters. The average Bonchev–Trinajstić information content (AvgIpc) is 2.92. The van der Waals surface area contributed by atoms with Crippen molar-refractivity contribution in [2.24, 2.45) is 17.3 Å². The highest BCUT2D eigenvalue weighted by Crippen LogP contribution is 2.25. The number of hydrogen-bond donors (Lipinski definition) is 0. The second-order valence-electron chi connectivity index (χ2n) is 10.4. The summed E-state index contributed by atoms with van der Waals surface area (Å²) in [7, 11) is 0. The van der Waals surface area contributed by atoms with Crippen molar-refractivity contribution in [2.45, 2.75) is 46.6 Å². The zero-order chi connectivity index (χ0) is 27.4. The first kappa shape index (κ1) is 28.6. The summed E-state index contributed by atoms with van der Waals surface area (Å²) in [5.41, 5.74) is 2.09. The zero-order valence-corrected chi connectivity index (χ0v) is 22.3. The Bertz CT molecular complexity index is 1150. The fraction of sp³-hybridized carbons (Fsp3) is 0.344. The molecular formula is C32H36O6. The number of carbonyl (C=O) groups excluding carboxylic acids is 3. The second kappa shape index (κ2) is 14.1. The minimum Gasteiger partial charge on any atom is -0.461 e. The number of benzene rings is 3. The van der Waals surface area contributed by atoms with Gasteiger partial charge in [0.1, 0.15) is 6.61 Å². The quantitative estimate of drug-likeness (QED) is 0.219. The lowest BCUT2D eigenvalue weighted by Crippen LogP contribution is -2.30. The highest BCUT2D eigenvalue weighted by atomic mass is 16.7. The van der Waals surface area contributed by atoms with Gasteiger partial charge >= 0.3 is 17.9 Å². The molecule has 0 saturated heterocycles. The second-order valence-corrected chi connectivity index (χ2v) is 10.4. The minimum atomic E-state index is -0.709. The van der Waals surface area contributed by atoms with Crippen molar-refractivity contribution in [1.29, 1.82) is 0 Å². The van der Waals surface area contributed by atoms with Gasteiger partial charge in [-0.3, -0.25) is 14.4 Å². The molecular weight excluding hydrogens is 480 g/mol. The molecule has 0 aliphatic rings. The Morgan fingerprint density at radius 3 is 1.47 bits per heavy atom. The lowest BCUT2D eigenvalue weighted by atomic mass is 9.86. The van der Waals surface area contributed by atoms with Gasteiger partial charge in [0, 0.05) is 0 Å². The van der Waals surface area contributed by atoms with Crippen LogP contribution in [0.4, 0.5) is 0 Å². The predicted molar refractivity (Wildman–Crippen MR) is 145 cm³/mol. The third-order valence-electron chi connectivity index (χ3n) is 6.11. The molecule has 1 unspecified atom stereocenters. The van der Waals surface area contributed by atoms with E-state index in [1.165, 1.54) is 0 Å². The number of hydrogen-bond acceptors (Lipinski definition) is 6. The molecule has 0 amide bonds. The Balaban J connectivity index is 1.76. The minimum absolute atomic E-state index is 0.154. The number of ether oxygens (including phenoxy) is 3. The maximum atomic E-state index is 13.3. The van der Waals surface area contributed by atoms with Crippen LogP contribution >= 0.6 is 0 Å². The molecule has 6 heteroatoms. The first-order valence-corrected chi connectivity index (χ1v) is 12.8. The molecule has 3 aromatic carbocycles. The van der Waals surface area contributed by atoms with Crippen LogP contribution in [-0.4, -0.2) is 24.7 Å². The van der Waals surface area contributed by atoms with Gasteiger partial charge in [-0.2, -0.15) is 0 Å². The topological polar surface area (TPSA) is 78.9 Å². The molecule has 6 nitrogen and oxygen atoms in total. The molecule has 200 valence electrons. The Kier molecular flexibility index (Phi) is 10.6. The van der Waals surface area contributed by atoms with E-state index in [-0.39, 0.29) is 19.0 Å². The molecule has 3 aromatic rings. The van der Waals surface area contributed by atoms with Crippen molar-refractivity contribution in [2.75, 3.05) is 6.79 Å². The summed E-state index contributed by atoms with van der Waals surface area (Å²) in [5.74, 6) is -2.56. The third kappa shape index (κ3) is 9.51. The maximum absolute atomic E-state index is 13.3. The van der Waals surface area contributed by atoms with Gasteiger partial charge in [-0.1, -0.05) is 91.0 Å². The van der Waals surface area contributed by atoms with Gasteiger partial charge in [0.25, 0.3) is 0 Å². The fourth-order valence-corrected chi connectivity index (χ4v) is 3.99. The van der Waals surface area contributed by atoms with E-state index < -0.39 is 36.0 Å². The standard InChI is InChI=1S/C32H36O6/c1-32(2,3)31(35)38-23-37-30(34)28(20-25-15-9-5-10-16-25)21-27(19-24-13-7-4-8-14-24)29(33)36-22-26-17-11-6-12-18-26/h4-18,27-28H,19-23H2,1-3H3/t27?,28-/m0/s1. The molecule has 0 saturated carbocycles. The van der Waals surface area contributed by atoms with Crippen molar-refractivity contribution in [3.63, 3.8) is 0 Å². The molecule has 0 aromatic heterocycles. The summed E-state index contributed by atoms with van der Waals surface area (Å²) in [6, 6.07) is 28.7. The highest BCUT2D eigenvalue weighted by Gasteiger charge is 2.31. The molecule has 0 N–H and O–H groups in total. The first-order valence-electron chi connectivity index (χ1n) is 12.8. The van der Waals surface area contributed by atoms with E-state index in [1.54, 1.807) is 20.8 Å². The van der Waals surface area contributed by atoms with Crippen LogP contribution in [-0.2, 0) is 48.0 Å². The largest absolute Gasteiger partial charge is 0.461 e. The maximum Gasteiger partial charge on any atom is 0.314 e. The summed E-state index contributed by atoms with van der Waals surface area (Å²) < 4.78 is 16.2. The van der Waals surface area contributed by atoms with Crippen molar-refractivity contribution < 1.29 is 28.6 Å². The summed E-state index contributed by atoms with van der Waals surface area (Å²) in [6.07, 6.45) is 1.03. The van der Waals surface area contributed by atoms with Crippen LogP contribution in [0.1, 0.15) is 43.9 Å². The van der Waals surface area contributed by atoms with Crippen LogP contribution in [0.15, 0.2) is 91.0 Å². The molecule has 3 rings (SSSR count). The summed E-state index contributed by atoms with van der Waals surface area (Å²) in [5, 5.41) is 0. The van der Waals surface area contributed by atoms with Crippen LogP contribution in [0, 0.1) is 17.3 Å². The van der Waals surface area contributed by atoms with Gasteiger partial charge in [-0.05, 0) is 56.7 Å². The summed E-state index contributed by atoms with van der Waals surface area (Å²) in [4.78, 5) is 38.6. The Hall–Kier alpha value is -3.93. The monoisotopic (exact) mass is 516 g/mol. The molecule has 0 heterocycles. The van der Waals surface area contributed by atoms with Crippen molar-refractivity contribution in [3.8, 4) is 0 Å². The Labute approximate surface area is 224 Å². The van der Waals surface area contributed by atoms with E-state index in [0.717, 1.165) is 16.7 Å². The third-order valence-corrected chi connectivity index (χ3v) is 6.11. The van der Waals surface area contributed by atoms with Crippen LogP contribution in [0.3, 0.4) is 0 Å². The molecule has 0 aliphatic heterocycles. The van der Waals surface area contributed by atoms with Gasteiger partial charge in [-0.15, -0.1) is 0 Å². The molecule has 0 fully saturated rings. The SMILES string of the molecule is CC(C)(C)C(=O)OCOC(=O)[C@@H](Cc1ccccc1)CC(Cc1ccccc1)C(=O)OCc1ccccc1. The molecule has 0 bridgehead atoms. The fourth-order valence-electron chi connectivity index (χ4n) is 3.99. The van der Waals surface area contributed by atoms with Gasteiger partial charge in [0.2, 0.25) is 6.79 Å². The molecule has 0 aliphatic carbocycles. The smallest absolute Gasteiger partial charge is 0.314 e. The van der Waals surface area contributed by atoms with E-state index in [9.17, 15) is 14.4 Å². The Morgan fingerprint density at radius 2 is 1.03 bits per heavy atom. The van der Waals surface area contributed by atoms with Crippen LogP contribution in [0.5, 0.6) is 0 Å². The van der Waals surface area contributed by atoms with Crippen molar-refractivity contribution in [1.82, 2.24) is 0 Å². The van der Waals surface area contributed by atoms with Gasteiger partial charge < -0.3 is 14.2 Å². The first-order chi connectivity index (χ1) is 18.2. The van der Waals surface area contributed by atoms with Crippen LogP contribution < -0.4 is 0 Å². The highest BCUT2D eigenvalue weighted by molar-refractivity contribution is 5.77. The number of esters is 3. The van der Waals surface area contributed by atoms with Gasteiger partial charge in [-0.25, -0.2) is 0 Å². The summed E-state index contributed by atoms with van der Waals surface area (Å²) in [6.45, 7) is 4.86. The average molecular weight is 517 g/mol. The molecule has 0 spiro atoms. The van der Waals surface area contributed by atoms with Crippen molar-refractivity contribution in [3.05, 3.63) is 108 Å². The van der Waals surface area contributed by atoms with Gasteiger partial charge in [0.05, 0.1) is 17.3 Å². The van der Waals surface area contributed by atoms with E-state index in [2.05, 4.69) is 0 Å². The number of rotatable bonds is 12. The lowest BCUT2D eigenvalue weighted by molar-refractivity contribution is -0.175. The van der Waals surface area contributed by atoms with Crippen molar-refractivity contribution >= 4 is 17.9 Å². The Morgan fingerprint density at radius 1 is 0.605 bits per heavy atom. The van der Waals surface area contributed by atoms with E-state index in [4.69, 9.17) is 14.2 Å². The van der Waals surface area contributed by atoms with E-state index >= 15 is 0 Å². The van der Waals surface area contributed by atoms with Crippen LogP contribution in [0.2, 0.25) is 0 Å².